The van der Waals surface area contributed by atoms with E-state index in [1.54, 1.807) is 0 Å². The summed E-state index contributed by atoms with van der Waals surface area (Å²) in [5.74, 6) is 1.91. The minimum atomic E-state index is -0.0181. The van der Waals surface area contributed by atoms with Crippen LogP contribution < -0.4 is 5.32 Å². The third kappa shape index (κ3) is 3.98. The summed E-state index contributed by atoms with van der Waals surface area (Å²) in [5.41, 5.74) is 3.14. The highest BCUT2D eigenvalue weighted by atomic mass is 32.2. The molecule has 1 amide bonds. The molecule has 128 valence electrons. The Hall–Kier alpha value is -1.82. The van der Waals surface area contributed by atoms with Crippen molar-refractivity contribution in [2.24, 2.45) is 7.05 Å². The topological polar surface area (TPSA) is 59.8 Å². The van der Waals surface area contributed by atoms with E-state index in [-0.39, 0.29) is 5.91 Å². The largest absolute Gasteiger partial charge is 0.325 e. The first-order chi connectivity index (χ1) is 11.5. The summed E-state index contributed by atoms with van der Waals surface area (Å²) in [6, 6.07) is 6.06. The molecule has 2 aromatic rings. The van der Waals surface area contributed by atoms with E-state index in [0.717, 1.165) is 27.8 Å². The number of carbonyl (C=O) groups excluding carboxylic acids is 1. The van der Waals surface area contributed by atoms with Crippen LogP contribution in [0.15, 0.2) is 23.4 Å². The number of aromatic nitrogens is 3. The average Bonchev–Trinajstić information content (AvgIpc) is 3.13. The summed E-state index contributed by atoms with van der Waals surface area (Å²) in [4.78, 5) is 12.2. The first kappa shape index (κ1) is 17.0. The number of anilines is 1. The SMILES string of the molecule is Cc1cc(C)cc(NC(=O)CSc2nnc(C3CCCC3)n2C)c1. The first-order valence-corrected chi connectivity index (χ1v) is 9.41. The number of thioether (sulfide) groups is 1. The van der Waals surface area contributed by atoms with Gasteiger partial charge in [-0.15, -0.1) is 10.2 Å². The van der Waals surface area contributed by atoms with Gasteiger partial charge in [0, 0.05) is 18.7 Å². The van der Waals surface area contributed by atoms with Gasteiger partial charge in [0.25, 0.3) is 0 Å². The van der Waals surface area contributed by atoms with Crippen molar-refractivity contribution < 1.29 is 4.79 Å². The number of nitrogens with one attached hydrogen (secondary N) is 1. The molecule has 1 fully saturated rings. The third-order valence-corrected chi connectivity index (χ3v) is 5.45. The van der Waals surface area contributed by atoms with Gasteiger partial charge in [0.05, 0.1) is 5.75 Å². The van der Waals surface area contributed by atoms with Crippen LogP contribution in [0.2, 0.25) is 0 Å². The van der Waals surface area contributed by atoms with Crippen molar-refractivity contribution in [2.75, 3.05) is 11.1 Å². The molecule has 1 aromatic heterocycles. The van der Waals surface area contributed by atoms with Crippen LogP contribution in [0.25, 0.3) is 0 Å². The van der Waals surface area contributed by atoms with Crippen LogP contribution in [0.3, 0.4) is 0 Å². The lowest BCUT2D eigenvalue weighted by atomic mass is 10.1. The Morgan fingerprint density at radius 1 is 1.21 bits per heavy atom. The fraction of sp³-hybridized carbons (Fsp3) is 0.500. The zero-order valence-corrected chi connectivity index (χ0v) is 15.3. The molecule has 24 heavy (non-hydrogen) atoms. The summed E-state index contributed by atoms with van der Waals surface area (Å²) < 4.78 is 2.05. The van der Waals surface area contributed by atoms with Gasteiger partial charge in [0.1, 0.15) is 5.82 Å². The van der Waals surface area contributed by atoms with Gasteiger partial charge in [-0.25, -0.2) is 0 Å². The molecular weight excluding hydrogens is 320 g/mol. The fourth-order valence-corrected chi connectivity index (χ4v) is 4.08. The van der Waals surface area contributed by atoms with Gasteiger partial charge in [0.2, 0.25) is 5.91 Å². The van der Waals surface area contributed by atoms with E-state index in [1.807, 2.05) is 37.6 Å². The number of hydrogen-bond acceptors (Lipinski definition) is 4. The van der Waals surface area contributed by atoms with Gasteiger partial charge in [-0.2, -0.15) is 0 Å². The average molecular weight is 344 g/mol. The first-order valence-electron chi connectivity index (χ1n) is 8.43. The monoisotopic (exact) mass is 344 g/mol. The summed E-state index contributed by atoms with van der Waals surface area (Å²) in [5, 5.41) is 12.4. The van der Waals surface area contributed by atoms with E-state index in [1.165, 1.54) is 37.4 Å². The van der Waals surface area contributed by atoms with Gasteiger partial charge in [-0.05, 0) is 49.9 Å². The van der Waals surface area contributed by atoms with Gasteiger partial charge < -0.3 is 9.88 Å². The molecule has 0 unspecified atom stereocenters. The Balaban J connectivity index is 1.58. The molecule has 3 rings (SSSR count). The molecule has 1 aromatic carbocycles. The van der Waals surface area contributed by atoms with Crippen LogP contribution in [-0.4, -0.2) is 26.4 Å². The summed E-state index contributed by atoms with van der Waals surface area (Å²) in [6.45, 7) is 4.06. The van der Waals surface area contributed by atoms with E-state index in [4.69, 9.17) is 0 Å². The van der Waals surface area contributed by atoms with Crippen molar-refractivity contribution >= 4 is 23.4 Å². The molecule has 0 bridgehead atoms. The molecule has 0 aliphatic heterocycles. The van der Waals surface area contributed by atoms with Crippen molar-refractivity contribution in [1.82, 2.24) is 14.8 Å². The van der Waals surface area contributed by atoms with Crippen LogP contribution >= 0.6 is 11.8 Å². The van der Waals surface area contributed by atoms with Crippen LogP contribution in [-0.2, 0) is 11.8 Å². The minimum Gasteiger partial charge on any atom is -0.325 e. The van der Waals surface area contributed by atoms with Crippen LogP contribution in [0.1, 0.15) is 48.6 Å². The van der Waals surface area contributed by atoms with E-state index < -0.39 is 0 Å². The minimum absolute atomic E-state index is 0.0181. The van der Waals surface area contributed by atoms with Crippen molar-refractivity contribution in [3.8, 4) is 0 Å². The quantitative estimate of drug-likeness (QED) is 0.838. The Morgan fingerprint density at radius 2 is 1.88 bits per heavy atom. The highest BCUT2D eigenvalue weighted by Crippen LogP contribution is 2.33. The molecule has 0 atom stereocenters. The maximum Gasteiger partial charge on any atom is 0.234 e. The highest BCUT2D eigenvalue weighted by molar-refractivity contribution is 7.99. The van der Waals surface area contributed by atoms with Crippen molar-refractivity contribution in [3.63, 3.8) is 0 Å². The van der Waals surface area contributed by atoms with Crippen molar-refractivity contribution in [2.45, 2.75) is 50.6 Å². The normalized spacial score (nSPS) is 15.0. The van der Waals surface area contributed by atoms with Gasteiger partial charge in [0.15, 0.2) is 5.16 Å². The lowest BCUT2D eigenvalue weighted by molar-refractivity contribution is -0.113. The predicted molar refractivity (Wildman–Crippen MR) is 97.5 cm³/mol. The molecule has 1 N–H and O–H groups in total. The number of amides is 1. The molecule has 1 aliphatic rings. The molecule has 0 radical (unpaired) electrons. The smallest absolute Gasteiger partial charge is 0.234 e. The Kier molecular flexibility index (Phi) is 5.23. The lowest BCUT2D eigenvalue weighted by Crippen LogP contribution is -2.14. The molecule has 1 aliphatic carbocycles. The summed E-state index contributed by atoms with van der Waals surface area (Å²) in [7, 11) is 2.00. The van der Waals surface area contributed by atoms with E-state index in [9.17, 15) is 4.79 Å². The fourth-order valence-electron chi connectivity index (χ4n) is 3.37. The molecule has 6 heteroatoms. The second-order valence-electron chi connectivity index (χ2n) is 6.59. The molecule has 0 spiro atoms. The molecule has 1 heterocycles. The van der Waals surface area contributed by atoms with Crippen molar-refractivity contribution in [1.29, 1.82) is 0 Å². The number of rotatable bonds is 5. The molecule has 5 nitrogen and oxygen atoms in total. The number of carbonyl (C=O) groups is 1. The van der Waals surface area contributed by atoms with E-state index in [0.29, 0.717) is 11.7 Å². The number of hydrogen-bond donors (Lipinski definition) is 1. The predicted octanol–water partition coefficient (Wildman–Crippen LogP) is 3.82. The Morgan fingerprint density at radius 3 is 2.54 bits per heavy atom. The second kappa shape index (κ2) is 7.38. The maximum absolute atomic E-state index is 12.2. The van der Waals surface area contributed by atoms with E-state index >= 15 is 0 Å². The molecular formula is C18H24N4OS. The van der Waals surface area contributed by atoms with Crippen LogP contribution in [0.4, 0.5) is 5.69 Å². The molecule has 1 saturated carbocycles. The highest BCUT2D eigenvalue weighted by Gasteiger charge is 2.23. The van der Waals surface area contributed by atoms with Crippen LogP contribution in [0.5, 0.6) is 0 Å². The van der Waals surface area contributed by atoms with Gasteiger partial charge in [-0.3, -0.25) is 4.79 Å². The van der Waals surface area contributed by atoms with Gasteiger partial charge in [-0.1, -0.05) is 30.7 Å². The molecule has 0 saturated heterocycles. The van der Waals surface area contributed by atoms with Crippen molar-refractivity contribution in [3.05, 3.63) is 35.2 Å². The number of aryl methyl sites for hydroxylation is 2. The Bertz CT molecular complexity index is 714. The summed E-state index contributed by atoms with van der Waals surface area (Å²) in [6.07, 6.45) is 4.95. The van der Waals surface area contributed by atoms with Gasteiger partial charge >= 0.3 is 0 Å². The maximum atomic E-state index is 12.2. The zero-order chi connectivity index (χ0) is 17.1. The van der Waals surface area contributed by atoms with Crippen LogP contribution in [0, 0.1) is 13.8 Å². The van der Waals surface area contributed by atoms with E-state index in [2.05, 4.69) is 21.6 Å². The number of benzene rings is 1. The number of nitrogens with zero attached hydrogens (tertiary/aromatic N) is 3. The summed E-state index contributed by atoms with van der Waals surface area (Å²) >= 11 is 1.44. The zero-order valence-electron chi connectivity index (χ0n) is 14.5. The standard InChI is InChI=1S/C18H24N4OS/c1-12-8-13(2)10-15(9-12)19-16(23)11-24-18-21-20-17(22(18)3)14-6-4-5-7-14/h8-10,14H,4-7,11H2,1-3H3,(H,19,23). The third-order valence-electron chi connectivity index (χ3n) is 4.43. The second-order valence-corrected chi connectivity index (χ2v) is 7.54. The Labute approximate surface area is 147 Å². The lowest BCUT2D eigenvalue weighted by Gasteiger charge is -2.09.